The molecule has 0 fully saturated rings. The summed E-state index contributed by atoms with van der Waals surface area (Å²) in [6.45, 7) is 16.3. The fourth-order valence-electron chi connectivity index (χ4n) is 3.23. The second-order valence-electron chi connectivity index (χ2n) is 10.6. The van der Waals surface area contributed by atoms with Crippen molar-refractivity contribution in [2.45, 2.75) is 26.1 Å². The van der Waals surface area contributed by atoms with E-state index in [1.807, 2.05) is 0 Å². The van der Waals surface area contributed by atoms with Crippen molar-refractivity contribution in [1.29, 1.82) is 0 Å². The Morgan fingerprint density at radius 1 is 0.308 bits per heavy atom. The molecule has 0 aliphatic rings. The van der Waals surface area contributed by atoms with Crippen LogP contribution in [0, 0.1) is 0 Å². The van der Waals surface area contributed by atoms with Gasteiger partial charge in [0, 0.05) is 0 Å². The van der Waals surface area contributed by atoms with Gasteiger partial charge in [-0.15, -0.1) is 0 Å². The minimum Gasteiger partial charge on any atom is -0.394 e. The lowest BCUT2D eigenvalue weighted by Crippen LogP contribution is -2.19. The molecule has 2 unspecified atom stereocenters. The van der Waals surface area contributed by atoms with Crippen LogP contribution in [0.3, 0.4) is 0 Å². The lowest BCUT2D eigenvalue weighted by atomic mass is 10.4. The van der Waals surface area contributed by atoms with E-state index in [9.17, 15) is 0 Å². The predicted octanol–water partition coefficient (Wildman–Crippen LogP) is -1.05. The topological polar surface area (TPSA) is 210 Å². The minimum atomic E-state index is -0.445. The first-order valence-electron chi connectivity index (χ1n) is 18.2. The summed E-state index contributed by atoms with van der Waals surface area (Å²) >= 11 is 0. The maximum atomic E-state index is 8.69. The lowest BCUT2D eigenvalue weighted by molar-refractivity contribution is -0.0294. The van der Waals surface area contributed by atoms with Crippen LogP contribution in [-0.4, -0.2) is 231 Å². The molecule has 18 nitrogen and oxygen atoms in total. The zero-order valence-corrected chi connectivity index (χ0v) is 31.9. The quantitative estimate of drug-likeness (QED) is 0.0545. The van der Waals surface area contributed by atoms with Crippen molar-refractivity contribution in [2.75, 3.05) is 198 Å². The Labute approximate surface area is 311 Å². The number of ether oxygens (including phenoxy) is 14. The van der Waals surface area contributed by atoms with Crippen LogP contribution >= 0.6 is 0 Å². The van der Waals surface area contributed by atoms with Crippen molar-refractivity contribution in [3.63, 3.8) is 0 Å². The molecule has 0 saturated carbocycles. The Morgan fingerprint density at radius 3 is 0.615 bits per heavy atom. The van der Waals surface area contributed by atoms with Crippen LogP contribution in [0.15, 0.2) is 0 Å². The fraction of sp³-hybridized carbons (Fsp3) is 1.00. The van der Waals surface area contributed by atoms with E-state index in [1.165, 1.54) is 0 Å². The van der Waals surface area contributed by atoms with E-state index in [4.69, 9.17) is 86.7 Å². The predicted molar refractivity (Wildman–Crippen MR) is 189 cm³/mol. The molecule has 0 aliphatic carbocycles. The van der Waals surface area contributed by atoms with Gasteiger partial charge in [-0.25, -0.2) is 0 Å². The Bertz CT molecular complexity index is 571. The van der Waals surface area contributed by atoms with E-state index < -0.39 is 6.10 Å². The Hall–Kier alpha value is -0.720. The van der Waals surface area contributed by atoms with Crippen LogP contribution in [-0.2, 0) is 66.3 Å². The largest absolute Gasteiger partial charge is 0.394 e. The maximum absolute atomic E-state index is 8.69. The molecule has 4 N–H and O–H groups in total. The fourth-order valence-corrected chi connectivity index (χ4v) is 3.23. The van der Waals surface area contributed by atoms with E-state index >= 15 is 0 Å². The summed E-state index contributed by atoms with van der Waals surface area (Å²) in [5.41, 5.74) is 0. The molecule has 0 saturated heterocycles. The summed E-state index contributed by atoms with van der Waals surface area (Å²) in [4.78, 5) is 0. The van der Waals surface area contributed by atoms with E-state index in [-0.39, 0.29) is 25.9 Å². The van der Waals surface area contributed by atoms with E-state index in [0.717, 1.165) is 0 Å². The summed E-state index contributed by atoms with van der Waals surface area (Å²) in [7, 11) is 0. The van der Waals surface area contributed by atoms with Crippen molar-refractivity contribution >= 4 is 0 Å². The lowest BCUT2D eigenvalue weighted by Gasteiger charge is -2.10. The van der Waals surface area contributed by atoms with Crippen molar-refractivity contribution in [3.8, 4) is 0 Å². The second kappa shape index (κ2) is 50.3. The molecule has 0 amide bonds. The Morgan fingerprint density at radius 2 is 0.481 bits per heavy atom. The van der Waals surface area contributed by atoms with E-state index in [1.54, 1.807) is 13.8 Å². The third-order valence-electron chi connectivity index (χ3n) is 5.81. The van der Waals surface area contributed by atoms with Gasteiger partial charge < -0.3 is 86.7 Å². The zero-order chi connectivity index (χ0) is 38.3. The van der Waals surface area contributed by atoms with Crippen LogP contribution in [0.25, 0.3) is 0 Å². The molecule has 0 radical (unpaired) electrons. The van der Waals surface area contributed by atoms with Gasteiger partial charge in [-0.05, 0) is 13.8 Å². The van der Waals surface area contributed by atoms with E-state index in [0.29, 0.717) is 178 Å². The zero-order valence-electron chi connectivity index (χ0n) is 31.9. The average molecular weight is 769 g/mol. The number of hydrogen-bond acceptors (Lipinski definition) is 18. The second-order valence-corrected chi connectivity index (χ2v) is 10.6. The van der Waals surface area contributed by atoms with Crippen molar-refractivity contribution in [2.24, 2.45) is 0 Å². The summed E-state index contributed by atoms with van der Waals surface area (Å²) in [6.07, 6.45) is -0.612. The van der Waals surface area contributed by atoms with Gasteiger partial charge in [0.2, 0.25) is 0 Å². The van der Waals surface area contributed by atoms with Gasteiger partial charge in [-0.2, -0.15) is 0 Å². The van der Waals surface area contributed by atoms with Gasteiger partial charge in [-0.1, -0.05) is 0 Å². The maximum Gasteiger partial charge on any atom is 0.0779 e. The third-order valence-corrected chi connectivity index (χ3v) is 5.81. The third kappa shape index (κ3) is 53.6. The number of aliphatic hydroxyl groups is 4. The standard InChI is InChI=1S/C28H58O15.C6H14O3/c29-1-3-31-5-7-33-9-11-35-13-15-37-17-19-39-21-23-41-25-27-43-28-26-42-24-22-40-20-18-38-16-14-36-12-10-34-8-6-32-4-2-30;1-5(8)4-9-6(2)3-7/h29-30H,1-28H2;5-8H,3-4H2,1-2H3. The molecule has 52 heavy (non-hydrogen) atoms. The highest BCUT2D eigenvalue weighted by molar-refractivity contribution is 4.48. The van der Waals surface area contributed by atoms with Crippen molar-refractivity contribution < 1.29 is 86.7 Å². The van der Waals surface area contributed by atoms with Gasteiger partial charge in [0.25, 0.3) is 0 Å². The van der Waals surface area contributed by atoms with Crippen LogP contribution in [0.4, 0.5) is 0 Å². The summed E-state index contributed by atoms with van der Waals surface area (Å²) < 4.78 is 74.7. The van der Waals surface area contributed by atoms with Gasteiger partial charge in [0.1, 0.15) is 0 Å². The Balaban J connectivity index is 0. The molecule has 0 aromatic heterocycles. The van der Waals surface area contributed by atoms with Crippen LogP contribution < -0.4 is 0 Å². The smallest absolute Gasteiger partial charge is 0.0779 e. The molecule has 0 aromatic carbocycles. The molecule has 0 spiro atoms. The number of aliphatic hydroxyl groups excluding tert-OH is 4. The van der Waals surface area contributed by atoms with Crippen LogP contribution in [0.5, 0.6) is 0 Å². The van der Waals surface area contributed by atoms with Gasteiger partial charge in [0.05, 0.1) is 210 Å². The molecule has 0 rings (SSSR count). The minimum absolute atomic E-state index is 0.00667. The summed E-state index contributed by atoms with van der Waals surface area (Å²) in [5, 5.41) is 34.3. The molecular formula is C34H72O18. The SMILES string of the molecule is CC(O)COC(C)CO.OCCOCCOCCOCCOCCOCCOCCOCCOCCOCCOCCOCCOCCOCCO. The molecule has 316 valence electrons. The molecule has 0 aliphatic heterocycles. The average Bonchev–Trinajstić information content (AvgIpc) is 3.15. The summed E-state index contributed by atoms with van der Waals surface area (Å²) in [5.74, 6) is 0. The first kappa shape index (κ1) is 53.4. The monoisotopic (exact) mass is 768 g/mol. The van der Waals surface area contributed by atoms with Crippen molar-refractivity contribution in [1.82, 2.24) is 0 Å². The molecule has 18 heteroatoms. The highest BCUT2D eigenvalue weighted by Crippen LogP contribution is 1.91. The first-order valence-corrected chi connectivity index (χ1v) is 18.2. The molecule has 0 aromatic rings. The van der Waals surface area contributed by atoms with Crippen LogP contribution in [0.2, 0.25) is 0 Å². The molecule has 0 heterocycles. The molecular weight excluding hydrogens is 696 g/mol. The first-order chi connectivity index (χ1) is 25.6. The highest BCUT2D eigenvalue weighted by atomic mass is 16.6. The van der Waals surface area contributed by atoms with Crippen molar-refractivity contribution in [3.05, 3.63) is 0 Å². The van der Waals surface area contributed by atoms with Gasteiger partial charge in [-0.3, -0.25) is 0 Å². The van der Waals surface area contributed by atoms with Crippen LogP contribution in [0.1, 0.15) is 13.8 Å². The van der Waals surface area contributed by atoms with Gasteiger partial charge in [0.15, 0.2) is 0 Å². The number of rotatable bonds is 44. The normalized spacial score (nSPS) is 12.6. The Kier molecular flexibility index (Phi) is 51.6. The van der Waals surface area contributed by atoms with E-state index in [2.05, 4.69) is 0 Å². The molecule has 2 atom stereocenters. The summed E-state index contributed by atoms with van der Waals surface area (Å²) in [6, 6.07) is 0. The highest BCUT2D eigenvalue weighted by Gasteiger charge is 2.01. The molecule has 0 bridgehead atoms. The van der Waals surface area contributed by atoms with Gasteiger partial charge >= 0.3 is 0 Å². The number of hydrogen-bond donors (Lipinski definition) is 4.